The van der Waals surface area contributed by atoms with Crippen LogP contribution in [-0.4, -0.2) is 5.11 Å². The predicted octanol–water partition coefficient (Wildman–Crippen LogP) is 3.27. The van der Waals surface area contributed by atoms with Crippen LogP contribution in [0, 0.1) is 6.92 Å². The van der Waals surface area contributed by atoms with Crippen LogP contribution in [0.25, 0.3) is 11.1 Å². The lowest BCUT2D eigenvalue weighted by Gasteiger charge is -2.05. The summed E-state index contributed by atoms with van der Waals surface area (Å²) < 4.78 is 0. The Labute approximate surface area is 89.0 Å². The van der Waals surface area contributed by atoms with E-state index < -0.39 is 0 Å². The fraction of sp³-hybridized carbons (Fsp3) is 0.143. The van der Waals surface area contributed by atoms with Gasteiger partial charge in [0.15, 0.2) is 0 Å². The molecule has 0 fully saturated rings. The van der Waals surface area contributed by atoms with E-state index in [1.165, 1.54) is 16.7 Å². The number of hydrogen-bond donors (Lipinski definition) is 1. The number of phenolic OH excluding ortho intramolecular Hbond substituents is 1. The van der Waals surface area contributed by atoms with Crippen LogP contribution in [0.5, 0.6) is 5.75 Å². The minimum atomic E-state index is 0.412. The summed E-state index contributed by atoms with van der Waals surface area (Å²) in [6.07, 6.45) is 0.945. The second-order valence-corrected chi connectivity index (χ2v) is 4.15. The van der Waals surface area contributed by atoms with E-state index in [1.807, 2.05) is 19.1 Å². The molecular weight excluding hydrogens is 184 g/mol. The van der Waals surface area contributed by atoms with Gasteiger partial charge in [-0.25, -0.2) is 0 Å². The highest BCUT2D eigenvalue weighted by Gasteiger charge is 2.20. The topological polar surface area (TPSA) is 20.2 Å². The zero-order valence-electron chi connectivity index (χ0n) is 8.62. The maximum absolute atomic E-state index is 9.96. The van der Waals surface area contributed by atoms with E-state index in [9.17, 15) is 5.11 Å². The van der Waals surface area contributed by atoms with E-state index in [0.717, 1.165) is 17.5 Å². The first-order valence-electron chi connectivity index (χ1n) is 5.16. The molecule has 3 rings (SSSR count). The standard InChI is InChI=1S/C14H12O/c1-9-6-11-8-10-4-2-3-5-12(10)14(11)13(15)7-9/h2-7,15H,8H2,1H3. The maximum atomic E-state index is 9.96. The minimum absolute atomic E-state index is 0.412. The minimum Gasteiger partial charge on any atom is -0.507 e. The second-order valence-electron chi connectivity index (χ2n) is 4.15. The van der Waals surface area contributed by atoms with Crippen molar-refractivity contribution in [2.45, 2.75) is 13.3 Å². The summed E-state index contributed by atoms with van der Waals surface area (Å²) in [6, 6.07) is 12.3. The number of fused-ring (bicyclic) bond motifs is 3. The Hall–Kier alpha value is -1.76. The Morgan fingerprint density at radius 2 is 1.87 bits per heavy atom. The molecule has 0 unspecified atom stereocenters. The zero-order valence-corrected chi connectivity index (χ0v) is 8.62. The first kappa shape index (κ1) is 8.54. The Balaban J connectivity index is 2.33. The van der Waals surface area contributed by atoms with E-state index in [-0.39, 0.29) is 0 Å². The van der Waals surface area contributed by atoms with Crippen LogP contribution in [0.15, 0.2) is 36.4 Å². The van der Waals surface area contributed by atoms with Gasteiger partial charge in [-0.05, 0) is 41.7 Å². The lowest BCUT2D eigenvalue weighted by molar-refractivity contribution is 0.477. The van der Waals surface area contributed by atoms with Gasteiger partial charge in [0.1, 0.15) is 5.75 Å². The molecule has 0 aromatic heterocycles. The van der Waals surface area contributed by atoms with Crippen molar-refractivity contribution in [3.8, 4) is 16.9 Å². The second kappa shape index (κ2) is 2.86. The molecule has 1 N–H and O–H groups in total. The highest BCUT2D eigenvalue weighted by Crippen LogP contribution is 2.42. The van der Waals surface area contributed by atoms with Crippen molar-refractivity contribution < 1.29 is 5.11 Å². The summed E-state index contributed by atoms with van der Waals surface area (Å²) in [4.78, 5) is 0. The van der Waals surface area contributed by atoms with E-state index in [2.05, 4.69) is 24.3 Å². The average molecular weight is 196 g/mol. The van der Waals surface area contributed by atoms with Gasteiger partial charge in [-0.15, -0.1) is 0 Å². The lowest BCUT2D eigenvalue weighted by atomic mass is 10.0. The highest BCUT2D eigenvalue weighted by atomic mass is 16.3. The van der Waals surface area contributed by atoms with Crippen LogP contribution in [0.1, 0.15) is 16.7 Å². The first-order chi connectivity index (χ1) is 7.25. The molecule has 2 aromatic carbocycles. The van der Waals surface area contributed by atoms with Crippen molar-refractivity contribution in [1.82, 2.24) is 0 Å². The molecule has 1 aliphatic rings. The smallest absolute Gasteiger partial charge is 0.123 e. The summed E-state index contributed by atoms with van der Waals surface area (Å²) in [6.45, 7) is 2.02. The van der Waals surface area contributed by atoms with Gasteiger partial charge in [0, 0.05) is 5.56 Å². The van der Waals surface area contributed by atoms with Crippen molar-refractivity contribution in [2.75, 3.05) is 0 Å². The molecular formula is C14H12O. The van der Waals surface area contributed by atoms with Crippen molar-refractivity contribution in [1.29, 1.82) is 0 Å². The Morgan fingerprint density at radius 3 is 2.73 bits per heavy atom. The molecule has 1 aliphatic carbocycles. The fourth-order valence-corrected chi connectivity index (χ4v) is 2.41. The van der Waals surface area contributed by atoms with Crippen LogP contribution in [0.4, 0.5) is 0 Å². The molecule has 0 heterocycles. The number of rotatable bonds is 0. The highest BCUT2D eigenvalue weighted by molar-refractivity contribution is 5.81. The van der Waals surface area contributed by atoms with Gasteiger partial charge < -0.3 is 5.11 Å². The van der Waals surface area contributed by atoms with Crippen molar-refractivity contribution in [3.05, 3.63) is 53.1 Å². The van der Waals surface area contributed by atoms with Crippen LogP contribution >= 0.6 is 0 Å². The van der Waals surface area contributed by atoms with Crippen molar-refractivity contribution in [3.63, 3.8) is 0 Å². The molecule has 0 saturated heterocycles. The van der Waals surface area contributed by atoms with Gasteiger partial charge in [0.05, 0.1) is 0 Å². The molecule has 0 atom stereocenters. The molecule has 15 heavy (non-hydrogen) atoms. The molecule has 0 spiro atoms. The van der Waals surface area contributed by atoms with Gasteiger partial charge in [0.2, 0.25) is 0 Å². The quantitative estimate of drug-likeness (QED) is 0.585. The summed E-state index contributed by atoms with van der Waals surface area (Å²) in [5.74, 6) is 0.412. The van der Waals surface area contributed by atoms with Crippen LogP contribution < -0.4 is 0 Å². The third-order valence-electron chi connectivity index (χ3n) is 3.01. The van der Waals surface area contributed by atoms with Crippen molar-refractivity contribution >= 4 is 0 Å². The molecule has 0 aliphatic heterocycles. The number of aryl methyl sites for hydroxylation is 1. The third-order valence-corrected chi connectivity index (χ3v) is 3.01. The van der Waals surface area contributed by atoms with Crippen LogP contribution in [0.3, 0.4) is 0 Å². The summed E-state index contributed by atoms with van der Waals surface area (Å²) in [5, 5.41) is 9.96. The van der Waals surface area contributed by atoms with Gasteiger partial charge in [-0.3, -0.25) is 0 Å². The molecule has 0 amide bonds. The van der Waals surface area contributed by atoms with Gasteiger partial charge in [-0.1, -0.05) is 30.3 Å². The number of benzene rings is 2. The predicted molar refractivity (Wildman–Crippen MR) is 61.1 cm³/mol. The Kier molecular flexibility index (Phi) is 1.63. The summed E-state index contributed by atoms with van der Waals surface area (Å²) in [5.41, 5.74) is 5.89. The normalized spacial score (nSPS) is 12.3. The monoisotopic (exact) mass is 196 g/mol. The number of aromatic hydroxyl groups is 1. The van der Waals surface area contributed by atoms with Gasteiger partial charge in [-0.2, -0.15) is 0 Å². The first-order valence-corrected chi connectivity index (χ1v) is 5.16. The van der Waals surface area contributed by atoms with E-state index in [4.69, 9.17) is 0 Å². The van der Waals surface area contributed by atoms with Gasteiger partial charge >= 0.3 is 0 Å². The van der Waals surface area contributed by atoms with E-state index >= 15 is 0 Å². The molecule has 0 saturated carbocycles. The Morgan fingerprint density at radius 1 is 1.07 bits per heavy atom. The van der Waals surface area contributed by atoms with E-state index in [0.29, 0.717) is 5.75 Å². The van der Waals surface area contributed by atoms with Gasteiger partial charge in [0.25, 0.3) is 0 Å². The molecule has 1 nitrogen and oxygen atoms in total. The zero-order chi connectivity index (χ0) is 10.4. The number of hydrogen-bond acceptors (Lipinski definition) is 1. The average Bonchev–Trinajstić information content (AvgIpc) is 2.54. The van der Waals surface area contributed by atoms with Crippen LogP contribution in [0.2, 0.25) is 0 Å². The third kappa shape index (κ3) is 1.16. The largest absolute Gasteiger partial charge is 0.507 e. The SMILES string of the molecule is Cc1cc(O)c2c(c1)Cc1ccccc1-2. The van der Waals surface area contributed by atoms with Crippen LogP contribution in [-0.2, 0) is 6.42 Å². The molecule has 0 bridgehead atoms. The lowest BCUT2D eigenvalue weighted by Crippen LogP contribution is -1.82. The maximum Gasteiger partial charge on any atom is 0.123 e. The molecule has 2 aromatic rings. The fourth-order valence-electron chi connectivity index (χ4n) is 2.41. The molecule has 1 heteroatoms. The summed E-state index contributed by atoms with van der Waals surface area (Å²) >= 11 is 0. The molecule has 0 radical (unpaired) electrons. The number of phenols is 1. The van der Waals surface area contributed by atoms with E-state index in [1.54, 1.807) is 0 Å². The Bertz CT molecular complexity index is 541. The summed E-state index contributed by atoms with van der Waals surface area (Å²) in [7, 11) is 0. The van der Waals surface area contributed by atoms with Crippen molar-refractivity contribution in [2.24, 2.45) is 0 Å². The molecule has 74 valence electrons.